The number of hydrogen-bond acceptors (Lipinski definition) is 3. The van der Waals surface area contributed by atoms with Crippen molar-refractivity contribution in [2.75, 3.05) is 12.4 Å². The van der Waals surface area contributed by atoms with Crippen LogP contribution in [-0.4, -0.2) is 30.4 Å². The van der Waals surface area contributed by atoms with Crippen molar-refractivity contribution in [1.29, 1.82) is 0 Å². The van der Waals surface area contributed by atoms with Crippen LogP contribution < -0.4 is 59.1 Å². The summed E-state index contributed by atoms with van der Waals surface area (Å²) in [5.41, 5.74) is 0. The minimum atomic E-state index is -3.92. The number of rotatable bonds is 2. The molecule has 0 saturated carbocycles. The monoisotopic (exact) mass is 174 g/mol. The van der Waals surface area contributed by atoms with E-state index in [4.69, 9.17) is 9.66 Å². The Hall–Kier alpha value is 1.87. The van der Waals surface area contributed by atoms with Crippen LogP contribution in [0.5, 0.6) is 0 Å². The quantitative estimate of drug-likeness (QED) is 0.322. The van der Waals surface area contributed by atoms with Crippen molar-refractivity contribution in [2.24, 2.45) is 0 Å². The zero-order chi connectivity index (χ0) is 5.91. The topological polar surface area (TPSA) is 74.6 Å². The van der Waals surface area contributed by atoms with E-state index in [1.54, 1.807) is 0 Å². The average Bonchev–Trinajstić information content (AvgIpc) is 1.30. The molecule has 0 unspecified atom stereocenters. The van der Waals surface area contributed by atoms with Gasteiger partial charge in [-0.15, -0.1) is 0 Å². The molecule has 0 saturated heterocycles. The van der Waals surface area contributed by atoms with Crippen LogP contribution >= 0.6 is 0 Å². The van der Waals surface area contributed by atoms with Gasteiger partial charge in [0.05, 0.1) is 12.4 Å². The molecule has 4 nitrogen and oxygen atoms in total. The van der Waals surface area contributed by atoms with E-state index < -0.39 is 22.5 Å². The summed E-state index contributed by atoms with van der Waals surface area (Å²) < 4.78 is 27.1. The van der Waals surface area contributed by atoms with Gasteiger partial charge in [-0.25, -0.2) is 0 Å². The number of aliphatic hydroxyl groups excluding tert-OH is 1. The van der Waals surface area contributed by atoms with Gasteiger partial charge in [-0.1, -0.05) is 0 Å². The van der Waals surface area contributed by atoms with E-state index in [0.29, 0.717) is 0 Å². The van der Waals surface area contributed by atoms with Crippen molar-refractivity contribution < 1.29 is 80.0 Å². The van der Waals surface area contributed by atoms with Crippen molar-refractivity contribution in [3.63, 3.8) is 0 Å². The van der Waals surface area contributed by atoms with Crippen LogP contribution in [0.4, 0.5) is 0 Å². The zero-order valence-electron chi connectivity index (χ0n) is 7.53. The van der Waals surface area contributed by atoms with E-state index >= 15 is 0 Å². The molecule has 0 radical (unpaired) electrons. The molecule has 0 rings (SSSR count). The molecule has 0 bridgehead atoms. The van der Waals surface area contributed by atoms with Gasteiger partial charge in [0.15, 0.2) is 0 Å². The molecule has 0 aromatic carbocycles. The summed E-state index contributed by atoms with van der Waals surface area (Å²) in [5.74, 6) is -0.576. The van der Waals surface area contributed by atoms with E-state index in [9.17, 15) is 8.42 Å². The minimum absolute atomic E-state index is 0. The first-order valence-electron chi connectivity index (χ1n) is 1.62. The van der Waals surface area contributed by atoms with Crippen LogP contribution in [0.25, 0.3) is 0 Å². The summed E-state index contributed by atoms with van der Waals surface area (Å²) in [6, 6.07) is 0. The van der Waals surface area contributed by atoms with E-state index in [1.165, 1.54) is 0 Å². The fourth-order valence-corrected chi connectivity index (χ4v) is 0.346. The van der Waals surface area contributed by atoms with Crippen molar-refractivity contribution in [2.45, 2.75) is 0 Å². The van der Waals surface area contributed by atoms with Crippen LogP contribution in [0, 0.1) is 0 Å². The Balaban J connectivity index is -0.0000000300. The smallest absolute Gasteiger partial charge is 1.00 e. The van der Waals surface area contributed by atoms with Gasteiger partial charge in [0.1, 0.15) is 0 Å². The summed E-state index contributed by atoms with van der Waals surface area (Å²) in [5, 5.41) is 7.86. The maximum atomic E-state index is 9.63. The normalized spacial score (nSPS) is 9.11. The average molecular weight is 174 g/mol. The third-order valence-electron chi connectivity index (χ3n) is 0.349. The van der Waals surface area contributed by atoms with E-state index in [0.717, 1.165) is 0 Å². The first-order valence-corrected chi connectivity index (χ1v) is 3.23. The first-order chi connectivity index (χ1) is 3.06. The third kappa shape index (κ3) is 17.7. The number of hydrogen-bond donors (Lipinski definition) is 2. The molecule has 0 fully saturated rings. The summed E-state index contributed by atoms with van der Waals surface area (Å²) in [4.78, 5) is 0. The Morgan fingerprint density at radius 3 is 1.67 bits per heavy atom. The van der Waals surface area contributed by atoms with Gasteiger partial charge in [-0.2, -0.15) is 8.42 Å². The van der Waals surface area contributed by atoms with E-state index in [1.807, 2.05) is 0 Å². The molecule has 0 aliphatic rings. The fraction of sp³-hybridized carbons (Fsp3) is 1.00. The number of aliphatic hydroxyl groups is 1. The van der Waals surface area contributed by atoms with E-state index in [2.05, 4.69) is 0 Å². The molecule has 0 atom stereocenters. The SMILES string of the molecule is O=S(=O)(O)CCO.[H-].[H-].[Na+].[Na+]. The Morgan fingerprint density at radius 2 is 1.67 bits per heavy atom. The zero-order valence-corrected chi connectivity index (χ0v) is 10.3. The predicted octanol–water partition coefficient (Wildman–Crippen LogP) is -6.90. The molecule has 0 aliphatic heterocycles. The maximum Gasteiger partial charge on any atom is 1.00 e. The molecule has 0 aromatic heterocycles. The van der Waals surface area contributed by atoms with Crippen LogP contribution in [-0.2, 0) is 10.1 Å². The van der Waals surface area contributed by atoms with Crippen molar-refractivity contribution in [3.05, 3.63) is 0 Å². The maximum absolute atomic E-state index is 9.63. The minimum Gasteiger partial charge on any atom is -1.00 e. The largest absolute Gasteiger partial charge is 1.00 e. The van der Waals surface area contributed by atoms with Crippen LogP contribution in [0.3, 0.4) is 0 Å². The molecule has 0 heterocycles. The molecular formula is C2H8Na2O4S. The van der Waals surface area contributed by atoms with Gasteiger partial charge in [0.25, 0.3) is 10.1 Å². The molecular weight excluding hydrogens is 166 g/mol. The van der Waals surface area contributed by atoms with Crippen molar-refractivity contribution in [1.82, 2.24) is 0 Å². The van der Waals surface area contributed by atoms with Gasteiger partial charge in [0, 0.05) is 0 Å². The molecule has 0 aromatic rings. The van der Waals surface area contributed by atoms with E-state index in [-0.39, 0.29) is 62.0 Å². The predicted molar refractivity (Wildman–Crippen MR) is 25.7 cm³/mol. The van der Waals surface area contributed by atoms with Crippen LogP contribution in [0.1, 0.15) is 2.85 Å². The molecule has 48 valence electrons. The second-order valence-corrected chi connectivity index (χ2v) is 2.58. The van der Waals surface area contributed by atoms with Gasteiger partial charge < -0.3 is 7.96 Å². The van der Waals surface area contributed by atoms with Gasteiger partial charge >= 0.3 is 59.1 Å². The third-order valence-corrected chi connectivity index (χ3v) is 1.05. The Kier molecular flexibility index (Phi) is 15.1. The standard InChI is InChI=1S/C2H6O4S.2Na.2H/c3-1-2-7(4,5)6;;;;/h3H,1-2H2,(H,4,5,6);;;;/q;2*+1;2*-1. The second-order valence-electron chi connectivity index (χ2n) is 1.01. The fourth-order valence-electron chi connectivity index (χ4n) is 0.115. The second kappa shape index (κ2) is 7.97. The Bertz CT molecular complexity index is 137. The van der Waals surface area contributed by atoms with Gasteiger partial charge in [0.2, 0.25) is 0 Å². The summed E-state index contributed by atoms with van der Waals surface area (Å²) in [6.45, 7) is -0.529. The van der Waals surface area contributed by atoms with Crippen LogP contribution in [0.2, 0.25) is 0 Å². The molecule has 2 N–H and O–H groups in total. The molecule has 0 spiro atoms. The van der Waals surface area contributed by atoms with Crippen molar-refractivity contribution in [3.8, 4) is 0 Å². The summed E-state index contributed by atoms with van der Waals surface area (Å²) in [7, 11) is -3.92. The van der Waals surface area contributed by atoms with Crippen molar-refractivity contribution >= 4 is 10.1 Å². The summed E-state index contributed by atoms with van der Waals surface area (Å²) in [6.07, 6.45) is 0. The molecule has 7 heteroatoms. The van der Waals surface area contributed by atoms with Crippen LogP contribution in [0.15, 0.2) is 0 Å². The molecule has 0 aliphatic carbocycles. The Labute approximate surface area is 101 Å². The molecule has 9 heavy (non-hydrogen) atoms. The summed E-state index contributed by atoms with van der Waals surface area (Å²) >= 11 is 0. The first kappa shape index (κ1) is 17.1. The Morgan fingerprint density at radius 1 is 1.33 bits per heavy atom. The van der Waals surface area contributed by atoms with Gasteiger partial charge in [-0.05, 0) is 0 Å². The molecule has 0 amide bonds. The van der Waals surface area contributed by atoms with Gasteiger partial charge in [-0.3, -0.25) is 4.55 Å².